The van der Waals surface area contributed by atoms with E-state index in [0.29, 0.717) is 26.4 Å². The highest BCUT2D eigenvalue weighted by molar-refractivity contribution is 4.73. The van der Waals surface area contributed by atoms with E-state index in [9.17, 15) is 5.11 Å². The van der Waals surface area contributed by atoms with Crippen molar-refractivity contribution in [2.45, 2.75) is 44.3 Å². The SMILES string of the molecule is OC(CNCC1COCCO1)CC1CCCC1. The lowest BCUT2D eigenvalue weighted by atomic mass is 10.00. The Bertz CT molecular complexity index is 201. The summed E-state index contributed by atoms with van der Waals surface area (Å²) in [6.45, 7) is 3.53. The lowest BCUT2D eigenvalue weighted by molar-refractivity contribution is -0.0868. The average Bonchev–Trinajstić information content (AvgIpc) is 2.83. The zero-order valence-electron chi connectivity index (χ0n) is 10.6. The summed E-state index contributed by atoms with van der Waals surface area (Å²) in [6.07, 6.45) is 6.20. The second-order valence-corrected chi connectivity index (χ2v) is 5.27. The number of nitrogens with one attached hydrogen (secondary N) is 1. The molecule has 2 N–H and O–H groups in total. The predicted octanol–water partition coefficient (Wildman–Crippen LogP) is 0.933. The maximum Gasteiger partial charge on any atom is 0.0933 e. The van der Waals surface area contributed by atoms with Gasteiger partial charge in [-0.25, -0.2) is 0 Å². The molecule has 2 fully saturated rings. The Hall–Kier alpha value is -0.160. The van der Waals surface area contributed by atoms with E-state index in [-0.39, 0.29) is 12.2 Å². The van der Waals surface area contributed by atoms with Crippen LogP contribution in [0.15, 0.2) is 0 Å². The number of hydrogen-bond donors (Lipinski definition) is 2. The molecule has 1 aliphatic heterocycles. The van der Waals surface area contributed by atoms with Crippen molar-refractivity contribution in [3.63, 3.8) is 0 Å². The number of aliphatic hydroxyl groups excluding tert-OH is 1. The van der Waals surface area contributed by atoms with E-state index >= 15 is 0 Å². The van der Waals surface area contributed by atoms with Gasteiger partial charge in [-0.05, 0) is 12.3 Å². The Balaban J connectivity index is 1.51. The van der Waals surface area contributed by atoms with Crippen LogP contribution in [0.4, 0.5) is 0 Å². The molecule has 17 heavy (non-hydrogen) atoms. The lowest BCUT2D eigenvalue weighted by Gasteiger charge is -2.24. The summed E-state index contributed by atoms with van der Waals surface area (Å²) in [5.41, 5.74) is 0. The Labute approximate surface area is 104 Å². The maximum atomic E-state index is 9.90. The minimum Gasteiger partial charge on any atom is -0.392 e. The quantitative estimate of drug-likeness (QED) is 0.729. The molecule has 0 aromatic rings. The summed E-state index contributed by atoms with van der Waals surface area (Å²) in [5.74, 6) is 0.751. The van der Waals surface area contributed by atoms with Crippen LogP contribution in [0.2, 0.25) is 0 Å². The van der Waals surface area contributed by atoms with Crippen molar-refractivity contribution in [2.24, 2.45) is 5.92 Å². The fourth-order valence-corrected chi connectivity index (χ4v) is 2.78. The first-order chi connectivity index (χ1) is 8.34. The molecule has 0 amide bonds. The highest BCUT2D eigenvalue weighted by Gasteiger charge is 2.19. The molecule has 1 saturated carbocycles. The molecule has 0 aromatic carbocycles. The van der Waals surface area contributed by atoms with Crippen molar-refractivity contribution in [3.05, 3.63) is 0 Å². The molecule has 100 valence electrons. The highest BCUT2D eigenvalue weighted by Crippen LogP contribution is 2.28. The van der Waals surface area contributed by atoms with Gasteiger partial charge in [-0.1, -0.05) is 25.7 Å². The van der Waals surface area contributed by atoms with Crippen LogP contribution in [-0.4, -0.2) is 50.2 Å². The Kier molecular flexibility index (Phi) is 5.71. The van der Waals surface area contributed by atoms with Crippen LogP contribution < -0.4 is 5.32 Å². The van der Waals surface area contributed by atoms with Gasteiger partial charge < -0.3 is 19.9 Å². The number of aliphatic hydroxyl groups is 1. The molecule has 4 nitrogen and oxygen atoms in total. The maximum absolute atomic E-state index is 9.90. The van der Waals surface area contributed by atoms with Crippen molar-refractivity contribution in [2.75, 3.05) is 32.9 Å². The van der Waals surface area contributed by atoms with Gasteiger partial charge in [-0.15, -0.1) is 0 Å². The molecule has 2 unspecified atom stereocenters. The zero-order chi connectivity index (χ0) is 11.9. The largest absolute Gasteiger partial charge is 0.392 e. The van der Waals surface area contributed by atoms with E-state index in [1.165, 1.54) is 25.7 Å². The minimum atomic E-state index is -0.206. The van der Waals surface area contributed by atoms with Gasteiger partial charge in [0.05, 0.1) is 32.0 Å². The second kappa shape index (κ2) is 7.31. The van der Waals surface area contributed by atoms with Gasteiger partial charge >= 0.3 is 0 Å². The fourth-order valence-electron chi connectivity index (χ4n) is 2.78. The molecule has 2 rings (SSSR count). The first kappa shape index (κ1) is 13.3. The molecule has 0 radical (unpaired) electrons. The molecule has 2 atom stereocenters. The van der Waals surface area contributed by atoms with E-state index in [2.05, 4.69) is 5.32 Å². The molecule has 0 bridgehead atoms. The van der Waals surface area contributed by atoms with Crippen molar-refractivity contribution in [1.82, 2.24) is 5.32 Å². The number of rotatable bonds is 6. The Morgan fingerprint density at radius 2 is 2.06 bits per heavy atom. The smallest absolute Gasteiger partial charge is 0.0933 e. The Morgan fingerprint density at radius 3 is 2.76 bits per heavy atom. The van der Waals surface area contributed by atoms with Crippen molar-refractivity contribution < 1.29 is 14.6 Å². The molecule has 1 saturated heterocycles. The molecular weight excluding hydrogens is 218 g/mol. The summed E-state index contributed by atoms with van der Waals surface area (Å²) < 4.78 is 10.8. The summed E-state index contributed by atoms with van der Waals surface area (Å²) in [4.78, 5) is 0. The van der Waals surface area contributed by atoms with Gasteiger partial charge in [0.1, 0.15) is 0 Å². The number of hydrogen-bond acceptors (Lipinski definition) is 4. The molecule has 2 aliphatic rings. The summed E-state index contributed by atoms with van der Waals surface area (Å²) in [6, 6.07) is 0. The van der Waals surface area contributed by atoms with Gasteiger partial charge in [0, 0.05) is 13.1 Å². The standard InChI is InChI=1S/C13H25NO3/c15-12(7-11-3-1-2-4-11)8-14-9-13-10-16-5-6-17-13/h11-15H,1-10H2. The molecule has 0 aromatic heterocycles. The van der Waals surface area contributed by atoms with Crippen LogP contribution >= 0.6 is 0 Å². The van der Waals surface area contributed by atoms with Crippen LogP contribution in [0, 0.1) is 5.92 Å². The normalized spacial score (nSPS) is 28.4. The van der Waals surface area contributed by atoms with E-state index in [1.807, 2.05) is 0 Å². The van der Waals surface area contributed by atoms with E-state index in [0.717, 1.165) is 18.9 Å². The molecule has 4 heteroatoms. The van der Waals surface area contributed by atoms with Crippen molar-refractivity contribution >= 4 is 0 Å². The fraction of sp³-hybridized carbons (Fsp3) is 1.00. The summed E-state index contributed by atoms with van der Waals surface area (Å²) in [5, 5.41) is 13.2. The van der Waals surface area contributed by atoms with Gasteiger partial charge in [0.25, 0.3) is 0 Å². The van der Waals surface area contributed by atoms with Crippen LogP contribution in [0.5, 0.6) is 0 Å². The lowest BCUT2D eigenvalue weighted by Crippen LogP contribution is -2.40. The van der Waals surface area contributed by atoms with E-state index < -0.39 is 0 Å². The average molecular weight is 243 g/mol. The van der Waals surface area contributed by atoms with Crippen LogP contribution in [0.25, 0.3) is 0 Å². The van der Waals surface area contributed by atoms with Crippen molar-refractivity contribution in [1.29, 1.82) is 0 Å². The first-order valence-electron chi connectivity index (χ1n) is 6.92. The van der Waals surface area contributed by atoms with Crippen LogP contribution in [-0.2, 0) is 9.47 Å². The number of ether oxygens (including phenoxy) is 2. The third-order valence-corrected chi connectivity index (χ3v) is 3.72. The monoisotopic (exact) mass is 243 g/mol. The van der Waals surface area contributed by atoms with Gasteiger partial charge in [0.15, 0.2) is 0 Å². The minimum absolute atomic E-state index is 0.155. The van der Waals surface area contributed by atoms with E-state index in [4.69, 9.17) is 9.47 Å². The molecule has 0 spiro atoms. The third-order valence-electron chi connectivity index (χ3n) is 3.72. The zero-order valence-corrected chi connectivity index (χ0v) is 10.6. The topological polar surface area (TPSA) is 50.7 Å². The van der Waals surface area contributed by atoms with Crippen LogP contribution in [0.3, 0.4) is 0 Å². The van der Waals surface area contributed by atoms with Crippen molar-refractivity contribution in [3.8, 4) is 0 Å². The first-order valence-corrected chi connectivity index (χ1v) is 6.92. The van der Waals surface area contributed by atoms with Gasteiger partial charge in [-0.2, -0.15) is 0 Å². The summed E-state index contributed by atoms with van der Waals surface area (Å²) in [7, 11) is 0. The second-order valence-electron chi connectivity index (χ2n) is 5.27. The summed E-state index contributed by atoms with van der Waals surface area (Å²) >= 11 is 0. The molecule has 1 aliphatic carbocycles. The predicted molar refractivity (Wildman–Crippen MR) is 66.0 cm³/mol. The van der Waals surface area contributed by atoms with Gasteiger partial charge in [0.2, 0.25) is 0 Å². The van der Waals surface area contributed by atoms with E-state index in [1.54, 1.807) is 0 Å². The molecule has 1 heterocycles. The van der Waals surface area contributed by atoms with Crippen LogP contribution in [0.1, 0.15) is 32.1 Å². The molecular formula is C13H25NO3. The van der Waals surface area contributed by atoms with Gasteiger partial charge in [-0.3, -0.25) is 0 Å². The Morgan fingerprint density at radius 1 is 1.24 bits per heavy atom. The third kappa shape index (κ3) is 4.92. The highest BCUT2D eigenvalue weighted by atomic mass is 16.6.